The van der Waals surface area contributed by atoms with Crippen LogP contribution in [0.4, 0.5) is 4.79 Å². The molecule has 1 aliphatic heterocycles. The number of hydrogen-bond donors (Lipinski definition) is 3. The molecule has 0 aromatic rings. The van der Waals surface area contributed by atoms with Crippen LogP contribution in [0.1, 0.15) is 26.2 Å². The Hall–Kier alpha value is -1.30. The van der Waals surface area contributed by atoms with E-state index in [2.05, 4.69) is 10.6 Å². The van der Waals surface area contributed by atoms with Crippen LogP contribution in [-0.4, -0.2) is 43.4 Å². The fourth-order valence-electron chi connectivity index (χ4n) is 1.78. The van der Waals surface area contributed by atoms with E-state index >= 15 is 0 Å². The average Bonchev–Trinajstić information content (AvgIpc) is 2.84. The number of carbonyl (C=O) groups excluding carboxylic acids is 1. The van der Waals surface area contributed by atoms with E-state index in [0.717, 1.165) is 19.6 Å². The van der Waals surface area contributed by atoms with Crippen molar-refractivity contribution in [2.24, 2.45) is 11.8 Å². The Morgan fingerprint density at radius 3 is 2.83 bits per heavy atom. The fraction of sp³-hybridized carbons (Fsp3) is 0.833. The predicted octanol–water partition coefficient (Wildman–Crippen LogP) is 0.823. The standard InChI is InChI=1S/C12H22N2O4/c1-9(2-3-11(15)16)6-13-12(17)14-7-10-4-5-18-8-10/h9-10H,2-8H2,1H3,(H,15,16)(H2,13,14,17). The summed E-state index contributed by atoms with van der Waals surface area (Å²) in [4.78, 5) is 21.8. The first-order valence-corrected chi connectivity index (χ1v) is 6.39. The Bertz CT molecular complexity index is 277. The summed E-state index contributed by atoms with van der Waals surface area (Å²) in [5.41, 5.74) is 0. The summed E-state index contributed by atoms with van der Waals surface area (Å²) in [6, 6.07) is -0.191. The molecular formula is C12H22N2O4. The van der Waals surface area contributed by atoms with Gasteiger partial charge in [-0.15, -0.1) is 0 Å². The molecule has 3 N–H and O–H groups in total. The molecule has 2 atom stereocenters. The lowest BCUT2D eigenvalue weighted by molar-refractivity contribution is -0.137. The molecule has 1 aliphatic rings. The van der Waals surface area contributed by atoms with E-state index < -0.39 is 5.97 Å². The van der Waals surface area contributed by atoms with Crippen molar-refractivity contribution in [1.29, 1.82) is 0 Å². The van der Waals surface area contributed by atoms with Crippen molar-refractivity contribution in [2.45, 2.75) is 26.2 Å². The van der Waals surface area contributed by atoms with Gasteiger partial charge in [-0.2, -0.15) is 0 Å². The highest BCUT2D eigenvalue weighted by Crippen LogP contribution is 2.10. The quantitative estimate of drug-likeness (QED) is 0.631. The maximum atomic E-state index is 11.5. The number of carboxylic acid groups (broad SMARTS) is 1. The second-order valence-electron chi connectivity index (χ2n) is 4.86. The Morgan fingerprint density at radius 1 is 1.44 bits per heavy atom. The summed E-state index contributed by atoms with van der Waals surface area (Å²) in [7, 11) is 0. The summed E-state index contributed by atoms with van der Waals surface area (Å²) in [5, 5.41) is 14.1. The van der Waals surface area contributed by atoms with Crippen LogP contribution in [0.15, 0.2) is 0 Å². The van der Waals surface area contributed by atoms with Gasteiger partial charge in [-0.3, -0.25) is 4.79 Å². The minimum atomic E-state index is -0.799. The van der Waals surface area contributed by atoms with E-state index in [1.54, 1.807) is 0 Å². The zero-order chi connectivity index (χ0) is 13.4. The van der Waals surface area contributed by atoms with Gasteiger partial charge in [0.2, 0.25) is 0 Å². The van der Waals surface area contributed by atoms with E-state index in [1.165, 1.54) is 0 Å². The molecule has 6 nitrogen and oxygen atoms in total. The van der Waals surface area contributed by atoms with Crippen LogP contribution in [0.3, 0.4) is 0 Å². The molecule has 0 radical (unpaired) electrons. The van der Waals surface area contributed by atoms with E-state index in [-0.39, 0.29) is 18.4 Å². The number of nitrogens with one attached hydrogen (secondary N) is 2. The number of rotatable bonds is 7. The normalized spacial score (nSPS) is 20.4. The minimum absolute atomic E-state index is 0.143. The van der Waals surface area contributed by atoms with Crippen molar-refractivity contribution in [1.82, 2.24) is 10.6 Å². The number of carboxylic acids is 1. The van der Waals surface area contributed by atoms with E-state index in [9.17, 15) is 9.59 Å². The van der Waals surface area contributed by atoms with Crippen LogP contribution in [-0.2, 0) is 9.53 Å². The van der Waals surface area contributed by atoms with Crippen molar-refractivity contribution in [3.05, 3.63) is 0 Å². The largest absolute Gasteiger partial charge is 0.481 e. The highest BCUT2D eigenvalue weighted by atomic mass is 16.5. The second-order valence-corrected chi connectivity index (χ2v) is 4.86. The zero-order valence-corrected chi connectivity index (χ0v) is 10.8. The third-order valence-electron chi connectivity index (χ3n) is 3.04. The van der Waals surface area contributed by atoms with Crippen molar-refractivity contribution in [2.75, 3.05) is 26.3 Å². The van der Waals surface area contributed by atoms with Gasteiger partial charge < -0.3 is 20.5 Å². The monoisotopic (exact) mass is 258 g/mol. The van der Waals surface area contributed by atoms with Crippen LogP contribution in [0, 0.1) is 11.8 Å². The molecule has 18 heavy (non-hydrogen) atoms. The maximum Gasteiger partial charge on any atom is 0.314 e. The molecule has 0 aromatic heterocycles. The molecule has 0 spiro atoms. The minimum Gasteiger partial charge on any atom is -0.481 e. The topological polar surface area (TPSA) is 87.7 Å². The maximum absolute atomic E-state index is 11.5. The van der Waals surface area contributed by atoms with Crippen LogP contribution in [0.5, 0.6) is 0 Å². The number of aliphatic carboxylic acids is 1. The lowest BCUT2D eigenvalue weighted by Crippen LogP contribution is -2.40. The molecule has 2 unspecified atom stereocenters. The predicted molar refractivity (Wildman–Crippen MR) is 66.4 cm³/mol. The van der Waals surface area contributed by atoms with Crippen molar-refractivity contribution in [3.63, 3.8) is 0 Å². The number of urea groups is 1. The summed E-state index contributed by atoms with van der Waals surface area (Å²) in [5.74, 6) is -0.214. The summed E-state index contributed by atoms with van der Waals surface area (Å²) in [6.45, 7) is 4.55. The Kier molecular flexibility index (Phi) is 6.49. The summed E-state index contributed by atoms with van der Waals surface area (Å²) in [6.07, 6.45) is 1.71. The van der Waals surface area contributed by atoms with Gasteiger partial charge in [0.15, 0.2) is 0 Å². The van der Waals surface area contributed by atoms with Crippen molar-refractivity contribution >= 4 is 12.0 Å². The van der Waals surface area contributed by atoms with E-state index in [4.69, 9.17) is 9.84 Å². The lowest BCUT2D eigenvalue weighted by atomic mass is 10.1. The first kappa shape index (κ1) is 14.8. The molecule has 1 saturated heterocycles. The summed E-state index contributed by atoms with van der Waals surface area (Å²) >= 11 is 0. The molecule has 2 amide bonds. The lowest BCUT2D eigenvalue weighted by Gasteiger charge is -2.13. The van der Waals surface area contributed by atoms with Gasteiger partial charge in [-0.25, -0.2) is 4.79 Å². The van der Waals surface area contributed by atoms with Crippen LogP contribution in [0.2, 0.25) is 0 Å². The van der Waals surface area contributed by atoms with Gasteiger partial charge in [0, 0.05) is 32.0 Å². The second kappa shape index (κ2) is 7.92. The molecule has 0 aromatic carbocycles. The number of carbonyl (C=O) groups is 2. The first-order valence-electron chi connectivity index (χ1n) is 6.39. The van der Waals surface area contributed by atoms with Gasteiger partial charge in [0.05, 0.1) is 6.61 Å². The van der Waals surface area contributed by atoms with Gasteiger partial charge in [-0.05, 0) is 18.8 Å². The van der Waals surface area contributed by atoms with Crippen molar-refractivity contribution < 1.29 is 19.4 Å². The number of amides is 2. The van der Waals surface area contributed by atoms with E-state index in [1.807, 2.05) is 6.92 Å². The highest BCUT2D eigenvalue weighted by molar-refractivity contribution is 5.73. The molecule has 1 rings (SSSR count). The van der Waals surface area contributed by atoms with Gasteiger partial charge >= 0.3 is 12.0 Å². The number of hydrogen-bond acceptors (Lipinski definition) is 3. The molecular weight excluding hydrogens is 236 g/mol. The van der Waals surface area contributed by atoms with Gasteiger partial charge in [0.25, 0.3) is 0 Å². The fourth-order valence-corrected chi connectivity index (χ4v) is 1.78. The summed E-state index contributed by atoms with van der Waals surface area (Å²) < 4.78 is 5.21. The van der Waals surface area contributed by atoms with E-state index in [0.29, 0.717) is 25.4 Å². The molecule has 1 heterocycles. The third kappa shape index (κ3) is 6.44. The van der Waals surface area contributed by atoms with Gasteiger partial charge in [-0.1, -0.05) is 6.92 Å². The smallest absolute Gasteiger partial charge is 0.314 e. The molecule has 0 saturated carbocycles. The van der Waals surface area contributed by atoms with Gasteiger partial charge in [0.1, 0.15) is 0 Å². The molecule has 104 valence electrons. The first-order chi connectivity index (χ1) is 8.58. The average molecular weight is 258 g/mol. The molecule has 0 bridgehead atoms. The molecule has 1 fully saturated rings. The third-order valence-corrected chi connectivity index (χ3v) is 3.04. The Morgan fingerprint density at radius 2 is 2.22 bits per heavy atom. The van der Waals surface area contributed by atoms with Crippen LogP contribution >= 0.6 is 0 Å². The zero-order valence-electron chi connectivity index (χ0n) is 10.8. The Balaban J connectivity index is 2.03. The number of ether oxygens (including phenoxy) is 1. The van der Waals surface area contributed by atoms with Crippen molar-refractivity contribution in [3.8, 4) is 0 Å². The SMILES string of the molecule is CC(CCC(=O)O)CNC(=O)NCC1CCOC1. The molecule has 0 aliphatic carbocycles. The molecule has 6 heteroatoms. The van der Waals surface area contributed by atoms with Crippen LogP contribution < -0.4 is 10.6 Å². The highest BCUT2D eigenvalue weighted by Gasteiger charge is 2.16. The van der Waals surface area contributed by atoms with Crippen LogP contribution in [0.25, 0.3) is 0 Å². The Labute approximate surface area is 107 Å².